The van der Waals surface area contributed by atoms with Gasteiger partial charge in [0.05, 0.1) is 0 Å². The number of allylic oxidation sites excluding steroid dienone is 4. The average Bonchev–Trinajstić information content (AvgIpc) is 3.40. The van der Waals surface area contributed by atoms with Gasteiger partial charge in [-0.1, -0.05) is 86.0 Å². The zero-order valence-corrected chi connectivity index (χ0v) is 26.2. The largest absolute Gasteiger partial charge is 0.683 e. The molecule has 2 aliphatic heterocycles. The Labute approximate surface area is 261 Å². The van der Waals surface area contributed by atoms with Crippen molar-refractivity contribution in [3.05, 3.63) is 166 Å². The SMILES string of the molecule is Cc1ccc2c(n1)oc1c(C3C=C(c4ccc(C(C)C)cc4)C=C[N-]3)[c-]ccc12.[Ir].[c-]1ccccc1C1C=CC=C[N-]1. The molecule has 213 valence electrons. The molecule has 7 rings (SSSR count). The van der Waals surface area contributed by atoms with Crippen LogP contribution in [0.4, 0.5) is 0 Å². The number of furan rings is 1. The van der Waals surface area contributed by atoms with E-state index in [2.05, 4.69) is 84.8 Å². The number of aryl methyl sites for hydroxylation is 1. The second kappa shape index (κ2) is 13.2. The molecule has 2 aromatic heterocycles. The molecule has 4 heterocycles. The zero-order chi connectivity index (χ0) is 28.2. The Hall–Kier alpha value is -4.18. The van der Waals surface area contributed by atoms with Crippen LogP contribution in [0.15, 0.2) is 120 Å². The van der Waals surface area contributed by atoms with Crippen LogP contribution in [0, 0.1) is 19.1 Å². The van der Waals surface area contributed by atoms with Gasteiger partial charge in [-0.25, -0.2) is 4.98 Å². The third-order valence-electron chi connectivity index (χ3n) is 7.30. The predicted molar refractivity (Wildman–Crippen MR) is 168 cm³/mol. The van der Waals surface area contributed by atoms with Crippen LogP contribution in [0.25, 0.3) is 38.3 Å². The molecule has 0 aliphatic carbocycles. The molecule has 4 nitrogen and oxygen atoms in total. The second-order valence-electron chi connectivity index (χ2n) is 10.5. The van der Waals surface area contributed by atoms with Crippen molar-refractivity contribution in [1.29, 1.82) is 0 Å². The molecule has 0 saturated heterocycles. The maximum atomic E-state index is 6.14. The van der Waals surface area contributed by atoms with E-state index >= 15 is 0 Å². The fourth-order valence-corrected chi connectivity index (χ4v) is 5.04. The van der Waals surface area contributed by atoms with Crippen LogP contribution in [-0.2, 0) is 20.1 Å². The summed E-state index contributed by atoms with van der Waals surface area (Å²) in [4.78, 5) is 4.54. The van der Waals surface area contributed by atoms with Crippen LogP contribution in [0.3, 0.4) is 0 Å². The third kappa shape index (κ3) is 6.33. The first-order valence-electron chi connectivity index (χ1n) is 14.0. The molecule has 0 bridgehead atoms. The van der Waals surface area contributed by atoms with Crippen molar-refractivity contribution in [3.8, 4) is 0 Å². The van der Waals surface area contributed by atoms with Gasteiger partial charge >= 0.3 is 0 Å². The summed E-state index contributed by atoms with van der Waals surface area (Å²) in [6, 6.07) is 31.3. The Kier molecular flexibility index (Phi) is 9.21. The van der Waals surface area contributed by atoms with Crippen LogP contribution in [0.1, 0.15) is 59.8 Å². The maximum Gasteiger partial charge on any atom is 0.212 e. The number of pyridine rings is 1. The number of hydrogen-bond donors (Lipinski definition) is 0. The van der Waals surface area contributed by atoms with Crippen molar-refractivity contribution in [2.24, 2.45) is 0 Å². The summed E-state index contributed by atoms with van der Waals surface area (Å²) in [5.41, 5.74) is 8.20. The molecule has 3 aromatic carbocycles. The molecular formula is C37H31IrN3O-4. The van der Waals surface area contributed by atoms with Gasteiger partial charge in [-0.05, 0) is 41.7 Å². The monoisotopic (exact) mass is 726 g/mol. The molecule has 2 unspecified atom stereocenters. The van der Waals surface area contributed by atoms with Gasteiger partial charge in [-0.2, -0.15) is 66.5 Å². The number of rotatable bonds is 4. The van der Waals surface area contributed by atoms with E-state index in [1.807, 2.05) is 73.9 Å². The molecule has 5 aromatic rings. The van der Waals surface area contributed by atoms with Crippen LogP contribution >= 0.6 is 0 Å². The summed E-state index contributed by atoms with van der Waals surface area (Å²) < 4.78 is 6.14. The minimum Gasteiger partial charge on any atom is -0.683 e. The second-order valence-corrected chi connectivity index (χ2v) is 10.5. The van der Waals surface area contributed by atoms with E-state index in [-0.39, 0.29) is 32.2 Å². The fraction of sp³-hybridized carbons (Fsp3) is 0.162. The molecule has 2 aliphatic rings. The Balaban J connectivity index is 0.000000228. The van der Waals surface area contributed by atoms with Crippen LogP contribution in [-0.4, -0.2) is 4.98 Å². The predicted octanol–water partition coefficient (Wildman–Crippen LogP) is 10.2. The average molecular weight is 726 g/mol. The van der Waals surface area contributed by atoms with Crippen molar-refractivity contribution in [1.82, 2.24) is 4.98 Å². The molecule has 0 saturated carbocycles. The molecular weight excluding hydrogens is 695 g/mol. The Morgan fingerprint density at radius 2 is 1.67 bits per heavy atom. The normalized spacial score (nSPS) is 17.2. The summed E-state index contributed by atoms with van der Waals surface area (Å²) in [6.45, 7) is 6.40. The number of aromatic nitrogens is 1. The summed E-state index contributed by atoms with van der Waals surface area (Å²) in [6.07, 6.45) is 14.0. The van der Waals surface area contributed by atoms with Crippen molar-refractivity contribution >= 4 is 27.6 Å². The first-order valence-corrected chi connectivity index (χ1v) is 14.0. The zero-order valence-electron chi connectivity index (χ0n) is 23.8. The van der Waals surface area contributed by atoms with Gasteiger partial charge in [0.25, 0.3) is 0 Å². The minimum absolute atomic E-state index is 0. The van der Waals surface area contributed by atoms with Crippen LogP contribution in [0.2, 0.25) is 0 Å². The van der Waals surface area contributed by atoms with E-state index in [0.29, 0.717) is 11.6 Å². The van der Waals surface area contributed by atoms with E-state index < -0.39 is 0 Å². The molecule has 0 spiro atoms. The molecule has 0 N–H and O–H groups in total. The summed E-state index contributed by atoms with van der Waals surface area (Å²) in [5.74, 6) is 0.528. The summed E-state index contributed by atoms with van der Waals surface area (Å²) in [5, 5.41) is 11.1. The molecule has 42 heavy (non-hydrogen) atoms. The van der Waals surface area contributed by atoms with Gasteiger partial charge in [0.1, 0.15) is 0 Å². The topological polar surface area (TPSA) is 54.2 Å². The standard InChI is InChI=1S/C26H22N2O.C11H9N.Ir/c1-16(2)18-8-10-19(11-9-18)20-13-14-27-24(15-20)23-6-4-5-21-22-12-7-17(3)28-26(22)29-25(21)23;1-2-6-10(7-3-1)11-8-4-5-9-12-11;/h4-5,7-16,24H,1-3H3;1-6,8-9,11H;/q2*-2;. The molecule has 2 atom stereocenters. The Bertz CT molecular complexity index is 1780. The number of benzene rings is 3. The molecule has 1 radical (unpaired) electrons. The quantitative estimate of drug-likeness (QED) is 0.173. The first kappa shape index (κ1) is 29.3. The van der Waals surface area contributed by atoms with E-state index in [4.69, 9.17) is 9.73 Å². The van der Waals surface area contributed by atoms with Crippen molar-refractivity contribution in [2.75, 3.05) is 0 Å². The number of fused-ring (bicyclic) bond motifs is 3. The number of hydrogen-bond acceptors (Lipinski definition) is 2. The van der Waals surface area contributed by atoms with Gasteiger partial charge in [0.2, 0.25) is 5.71 Å². The Morgan fingerprint density at radius 1 is 0.833 bits per heavy atom. The smallest absolute Gasteiger partial charge is 0.212 e. The van der Waals surface area contributed by atoms with Crippen LogP contribution in [0.5, 0.6) is 0 Å². The van der Waals surface area contributed by atoms with Gasteiger partial charge in [0.15, 0.2) is 0 Å². The first-order chi connectivity index (χ1) is 20.1. The maximum absolute atomic E-state index is 6.14. The van der Waals surface area contributed by atoms with Crippen molar-refractivity contribution in [3.63, 3.8) is 0 Å². The fourth-order valence-electron chi connectivity index (χ4n) is 5.04. The van der Waals surface area contributed by atoms with E-state index in [1.165, 1.54) is 11.1 Å². The Morgan fingerprint density at radius 3 is 2.40 bits per heavy atom. The minimum atomic E-state index is -0.134. The molecule has 0 amide bonds. The van der Waals surface area contributed by atoms with E-state index in [9.17, 15) is 0 Å². The number of nitrogens with zero attached hydrogens (tertiary/aromatic N) is 3. The van der Waals surface area contributed by atoms with E-state index in [0.717, 1.165) is 38.7 Å². The summed E-state index contributed by atoms with van der Waals surface area (Å²) >= 11 is 0. The van der Waals surface area contributed by atoms with Gasteiger partial charge in [0, 0.05) is 36.8 Å². The van der Waals surface area contributed by atoms with Gasteiger partial charge in [-0.15, -0.1) is 5.56 Å². The summed E-state index contributed by atoms with van der Waals surface area (Å²) in [7, 11) is 0. The van der Waals surface area contributed by atoms with Crippen LogP contribution < -0.4 is 0 Å². The van der Waals surface area contributed by atoms with Gasteiger partial charge in [-0.3, -0.25) is 0 Å². The van der Waals surface area contributed by atoms with Crippen molar-refractivity contribution < 1.29 is 24.5 Å². The molecule has 0 fully saturated rings. The van der Waals surface area contributed by atoms with E-state index in [1.54, 1.807) is 0 Å². The van der Waals surface area contributed by atoms with Gasteiger partial charge < -0.3 is 15.1 Å². The molecule has 5 heteroatoms. The third-order valence-corrected chi connectivity index (χ3v) is 7.30. The van der Waals surface area contributed by atoms with Crippen molar-refractivity contribution in [2.45, 2.75) is 38.8 Å².